The molecule has 2 N–H and O–H groups in total. The monoisotopic (exact) mass is 251 g/mol. The zero-order valence-corrected chi connectivity index (χ0v) is 11.6. The van der Waals surface area contributed by atoms with Gasteiger partial charge in [0.1, 0.15) is 5.75 Å². The Kier molecular flexibility index (Phi) is 5.66. The third-order valence-corrected chi connectivity index (χ3v) is 3.39. The third kappa shape index (κ3) is 3.73. The predicted octanol–water partition coefficient (Wildman–Crippen LogP) is 0.605. The Morgan fingerprint density at radius 2 is 2.06 bits per heavy atom. The van der Waals surface area contributed by atoms with Crippen LogP contribution in [0.2, 0.25) is 0 Å². The van der Waals surface area contributed by atoms with Gasteiger partial charge in [0.2, 0.25) is 0 Å². The minimum absolute atomic E-state index is 0.444. The highest BCUT2D eigenvalue weighted by Gasteiger charge is 2.18. The summed E-state index contributed by atoms with van der Waals surface area (Å²) in [7, 11) is 2.18. The van der Waals surface area contributed by atoms with Crippen molar-refractivity contribution in [2.45, 2.75) is 32.9 Å². The van der Waals surface area contributed by atoms with Crippen molar-refractivity contribution in [3.05, 3.63) is 23.8 Å². The van der Waals surface area contributed by atoms with Gasteiger partial charge in [-0.25, -0.2) is 0 Å². The van der Waals surface area contributed by atoms with Crippen LogP contribution >= 0.6 is 0 Å². The number of nitrogens with zero attached hydrogens (tertiary/aromatic N) is 1. The maximum Gasteiger partial charge on any atom is 0.488 e. The first kappa shape index (κ1) is 15.0. The van der Waals surface area contributed by atoms with Crippen LogP contribution in [0.5, 0.6) is 5.75 Å². The Balaban J connectivity index is 2.97. The number of rotatable bonds is 6. The van der Waals surface area contributed by atoms with Gasteiger partial charge in [-0.3, -0.25) is 4.90 Å². The summed E-state index contributed by atoms with van der Waals surface area (Å²) < 4.78 is 5.18. The average molecular weight is 251 g/mol. The number of benzene rings is 1. The Bertz CT molecular complexity index is 384. The summed E-state index contributed by atoms with van der Waals surface area (Å²) in [6, 6.07) is 5.73. The molecule has 0 saturated carbocycles. The van der Waals surface area contributed by atoms with Crippen molar-refractivity contribution < 1.29 is 14.8 Å². The van der Waals surface area contributed by atoms with Gasteiger partial charge in [-0.2, -0.15) is 0 Å². The van der Waals surface area contributed by atoms with Crippen LogP contribution in [0.4, 0.5) is 0 Å². The van der Waals surface area contributed by atoms with Gasteiger partial charge in [0, 0.05) is 12.6 Å². The lowest BCUT2D eigenvalue weighted by atomic mass is 9.77. The minimum atomic E-state index is -1.45. The molecule has 5 heteroatoms. The SMILES string of the molecule is CCC(C)N(C)Cc1cc(OC)ccc1B(O)O. The van der Waals surface area contributed by atoms with Crippen LogP contribution in [-0.4, -0.2) is 42.3 Å². The first-order valence-corrected chi connectivity index (χ1v) is 6.22. The molecule has 1 aromatic carbocycles. The van der Waals surface area contributed by atoms with Crippen molar-refractivity contribution in [3.8, 4) is 5.75 Å². The summed E-state index contributed by atoms with van der Waals surface area (Å²) in [5.74, 6) is 0.729. The van der Waals surface area contributed by atoms with Crippen molar-refractivity contribution in [1.29, 1.82) is 0 Å². The van der Waals surface area contributed by atoms with E-state index in [1.54, 1.807) is 19.2 Å². The van der Waals surface area contributed by atoms with E-state index in [4.69, 9.17) is 4.74 Å². The van der Waals surface area contributed by atoms with E-state index >= 15 is 0 Å². The molecule has 0 bridgehead atoms. The molecule has 0 aliphatic carbocycles. The third-order valence-electron chi connectivity index (χ3n) is 3.39. The molecule has 1 atom stereocenters. The van der Waals surface area contributed by atoms with Crippen LogP contribution < -0.4 is 10.2 Å². The van der Waals surface area contributed by atoms with E-state index in [-0.39, 0.29) is 0 Å². The van der Waals surface area contributed by atoms with E-state index in [1.165, 1.54) is 0 Å². The van der Waals surface area contributed by atoms with Crippen molar-refractivity contribution in [1.82, 2.24) is 4.90 Å². The molecule has 1 aromatic rings. The zero-order valence-electron chi connectivity index (χ0n) is 11.6. The average Bonchev–Trinajstić information content (AvgIpc) is 2.37. The van der Waals surface area contributed by atoms with Gasteiger partial charge < -0.3 is 14.8 Å². The molecular weight excluding hydrogens is 229 g/mol. The Morgan fingerprint density at radius 3 is 2.56 bits per heavy atom. The lowest BCUT2D eigenvalue weighted by Crippen LogP contribution is -2.37. The highest BCUT2D eigenvalue weighted by Crippen LogP contribution is 2.14. The summed E-state index contributed by atoms with van der Waals surface area (Å²) in [5, 5.41) is 18.7. The molecule has 1 unspecified atom stereocenters. The van der Waals surface area contributed by atoms with Gasteiger partial charge >= 0.3 is 7.12 Å². The first-order valence-electron chi connectivity index (χ1n) is 6.22. The smallest absolute Gasteiger partial charge is 0.488 e. The number of ether oxygens (including phenoxy) is 1. The fourth-order valence-electron chi connectivity index (χ4n) is 1.83. The molecule has 0 spiro atoms. The van der Waals surface area contributed by atoms with Crippen molar-refractivity contribution in [3.63, 3.8) is 0 Å². The molecule has 0 fully saturated rings. The second kappa shape index (κ2) is 6.78. The zero-order chi connectivity index (χ0) is 13.7. The molecule has 0 radical (unpaired) electrons. The molecular formula is C13H22BNO3. The Labute approximate surface area is 109 Å². The van der Waals surface area contributed by atoms with E-state index in [0.717, 1.165) is 17.7 Å². The Hall–Kier alpha value is -1.04. The normalized spacial score (nSPS) is 12.6. The number of hydrogen-bond donors (Lipinski definition) is 2. The molecule has 0 amide bonds. The van der Waals surface area contributed by atoms with Gasteiger partial charge in [0.25, 0.3) is 0 Å². The van der Waals surface area contributed by atoms with E-state index in [2.05, 4.69) is 18.7 Å². The largest absolute Gasteiger partial charge is 0.497 e. The topological polar surface area (TPSA) is 52.9 Å². The first-order chi connectivity index (χ1) is 8.49. The second-order valence-corrected chi connectivity index (χ2v) is 4.61. The standard InChI is InChI=1S/C13H22BNO3/c1-5-10(2)15(3)9-11-8-12(18-4)6-7-13(11)14(16)17/h6-8,10,16-17H,5,9H2,1-4H3. The molecule has 4 nitrogen and oxygen atoms in total. The molecule has 0 heterocycles. The summed E-state index contributed by atoms with van der Waals surface area (Å²) in [5.41, 5.74) is 1.41. The molecule has 18 heavy (non-hydrogen) atoms. The van der Waals surface area contributed by atoms with Gasteiger partial charge in [-0.05, 0) is 43.6 Å². The van der Waals surface area contributed by atoms with Crippen LogP contribution in [0.15, 0.2) is 18.2 Å². The van der Waals surface area contributed by atoms with E-state index in [9.17, 15) is 10.0 Å². The fourth-order valence-corrected chi connectivity index (χ4v) is 1.83. The molecule has 0 aliphatic rings. The molecule has 100 valence electrons. The predicted molar refractivity (Wildman–Crippen MR) is 74.0 cm³/mol. The summed E-state index contributed by atoms with van der Waals surface area (Å²) in [6.45, 7) is 4.95. The maximum atomic E-state index is 9.37. The van der Waals surface area contributed by atoms with E-state index in [0.29, 0.717) is 18.0 Å². The van der Waals surface area contributed by atoms with Gasteiger partial charge in [-0.15, -0.1) is 0 Å². The van der Waals surface area contributed by atoms with Crippen LogP contribution in [0.3, 0.4) is 0 Å². The highest BCUT2D eigenvalue weighted by atomic mass is 16.5. The maximum absolute atomic E-state index is 9.37. The second-order valence-electron chi connectivity index (χ2n) is 4.61. The van der Waals surface area contributed by atoms with Crippen LogP contribution in [0.25, 0.3) is 0 Å². The lowest BCUT2D eigenvalue weighted by Gasteiger charge is -2.25. The van der Waals surface area contributed by atoms with Crippen LogP contribution in [0.1, 0.15) is 25.8 Å². The van der Waals surface area contributed by atoms with Crippen LogP contribution in [-0.2, 0) is 6.54 Å². The molecule has 0 saturated heterocycles. The minimum Gasteiger partial charge on any atom is -0.497 e. The van der Waals surface area contributed by atoms with E-state index < -0.39 is 7.12 Å². The summed E-state index contributed by atoms with van der Waals surface area (Å²) in [4.78, 5) is 2.18. The lowest BCUT2D eigenvalue weighted by molar-refractivity contribution is 0.244. The van der Waals surface area contributed by atoms with Crippen molar-refractivity contribution in [2.24, 2.45) is 0 Å². The van der Waals surface area contributed by atoms with Crippen molar-refractivity contribution in [2.75, 3.05) is 14.2 Å². The van der Waals surface area contributed by atoms with Crippen molar-refractivity contribution >= 4 is 12.6 Å². The van der Waals surface area contributed by atoms with Gasteiger partial charge in [-0.1, -0.05) is 13.0 Å². The number of hydrogen-bond acceptors (Lipinski definition) is 4. The van der Waals surface area contributed by atoms with E-state index in [1.807, 2.05) is 13.1 Å². The van der Waals surface area contributed by atoms with Gasteiger partial charge in [0.05, 0.1) is 7.11 Å². The molecule has 0 aromatic heterocycles. The Morgan fingerprint density at radius 1 is 1.39 bits per heavy atom. The molecule has 1 rings (SSSR count). The quantitative estimate of drug-likeness (QED) is 0.727. The summed E-state index contributed by atoms with van der Waals surface area (Å²) >= 11 is 0. The fraction of sp³-hybridized carbons (Fsp3) is 0.538. The number of methoxy groups -OCH3 is 1. The van der Waals surface area contributed by atoms with Crippen LogP contribution in [0, 0.1) is 0 Å². The highest BCUT2D eigenvalue weighted by molar-refractivity contribution is 6.59. The molecule has 0 aliphatic heterocycles. The van der Waals surface area contributed by atoms with Gasteiger partial charge in [0.15, 0.2) is 0 Å². The summed E-state index contributed by atoms with van der Waals surface area (Å²) in [6.07, 6.45) is 1.05.